The standard InChI is InChI=1S/C20H26I.C10N5/c1-19(2,3)15-7-11-17(12-8-15)21-18-13-9-16(10-14-18)20(4,5)6;11-1-6-7(2-12)9(4-14)10(5-15)8(6)3-13/h7-14H,1-6H3;/q+1;-1. The summed E-state index contributed by atoms with van der Waals surface area (Å²) in [4.78, 5) is 0. The van der Waals surface area contributed by atoms with E-state index in [1.54, 1.807) is 30.3 Å². The Balaban J connectivity index is 0.000000269. The molecule has 5 nitrogen and oxygen atoms in total. The molecule has 3 aromatic carbocycles. The van der Waals surface area contributed by atoms with Crippen molar-refractivity contribution in [1.82, 2.24) is 0 Å². The van der Waals surface area contributed by atoms with E-state index in [0.717, 1.165) is 0 Å². The summed E-state index contributed by atoms with van der Waals surface area (Å²) in [5, 5.41) is 43.6. The van der Waals surface area contributed by atoms with E-state index in [-0.39, 0.29) is 59.9 Å². The maximum atomic E-state index is 8.72. The Morgan fingerprint density at radius 1 is 0.556 bits per heavy atom. The number of hydrogen-bond donors (Lipinski definition) is 0. The average Bonchev–Trinajstić information content (AvgIpc) is 3.15. The lowest BCUT2D eigenvalue weighted by atomic mass is 9.87. The summed E-state index contributed by atoms with van der Waals surface area (Å²) in [7, 11) is 0. The number of halogens is 1. The number of nitriles is 5. The van der Waals surface area contributed by atoms with Crippen LogP contribution in [0, 0.1) is 63.8 Å². The predicted octanol–water partition coefficient (Wildman–Crippen LogP) is 3.17. The maximum absolute atomic E-state index is 8.72. The summed E-state index contributed by atoms with van der Waals surface area (Å²) < 4.78 is 2.98. The highest BCUT2D eigenvalue weighted by molar-refractivity contribution is 5.72. The zero-order valence-electron chi connectivity index (χ0n) is 21.2. The molecule has 3 rings (SSSR count). The van der Waals surface area contributed by atoms with E-state index < -0.39 is 0 Å². The van der Waals surface area contributed by atoms with E-state index >= 15 is 0 Å². The van der Waals surface area contributed by atoms with Gasteiger partial charge >= 0.3 is 21.2 Å². The van der Waals surface area contributed by atoms with Crippen molar-refractivity contribution < 1.29 is 21.2 Å². The van der Waals surface area contributed by atoms with Crippen molar-refractivity contribution in [3.8, 4) is 30.3 Å². The van der Waals surface area contributed by atoms with Crippen LogP contribution in [0.4, 0.5) is 0 Å². The number of rotatable bonds is 2. The van der Waals surface area contributed by atoms with Crippen LogP contribution < -0.4 is 21.2 Å². The Hall–Kier alpha value is -4.03. The molecule has 0 fully saturated rings. The van der Waals surface area contributed by atoms with Crippen molar-refractivity contribution in [2.24, 2.45) is 0 Å². The van der Waals surface area contributed by atoms with Gasteiger partial charge in [-0.25, -0.2) is 26.3 Å². The maximum Gasteiger partial charge on any atom is 0.357 e. The minimum atomic E-state index is -0.201. The molecule has 3 aromatic rings. The van der Waals surface area contributed by atoms with Gasteiger partial charge in [-0.3, -0.25) is 0 Å². The van der Waals surface area contributed by atoms with Gasteiger partial charge in [0.2, 0.25) is 0 Å². The molecular formula is C30H26IN5. The van der Waals surface area contributed by atoms with Gasteiger partial charge in [0, 0.05) is 5.56 Å². The molecule has 0 saturated carbocycles. The quantitative estimate of drug-likeness (QED) is 0.339. The Labute approximate surface area is 224 Å². The van der Waals surface area contributed by atoms with E-state index in [9.17, 15) is 0 Å². The third kappa shape index (κ3) is 6.55. The number of hydrogen-bond acceptors (Lipinski definition) is 5. The molecule has 0 bridgehead atoms. The lowest BCUT2D eigenvalue weighted by Crippen LogP contribution is -3.61. The van der Waals surface area contributed by atoms with Crippen molar-refractivity contribution in [1.29, 1.82) is 26.3 Å². The molecular weight excluding hydrogens is 557 g/mol. The summed E-state index contributed by atoms with van der Waals surface area (Å²) in [5.74, 6) is 0. The first-order chi connectivity index (χ1) is 16.9. The molecule has 0 radical (unpaired) electrons. The van der Waals surface area contributed by atoms with Gasteiger partial charge in [0.25, 0.3) is 0 Å². The van der Waals surface area contributed by atoms with E-state index in [0.29, 0.717) is 0 Å². The molecule has 0 atom stereocenters. The van der Waals surface area contributed by atoms with Gasteiger partial charge in [-0.1, -0.05) is 65.8 Å². The van der Waals surface area contributed by atoms with E-state index in [1.165, 1.54) is 18.3 Å². The SMILES string of the molecule is CC(C)(C)c1ccc([I+]c2ccc(C(C)(C)C)cc2)cc1.N#Cc1c(C#N)c(C#N)[c-](C#N)c1C#N. The van der Waals surface area contributed by atoms with Crippen LogP contribution >= 0.6 is 0 Å². The minimum absolute atomic E-state index is 0.0703. The fraction of sp³-hybridized carbons (Fsp3) is 0.267. The summed E-state index contributed by atoms with van der Waals surface area (Å²) in [6.45, 7) is 13.6. The first-order valence-corrected chi connectivity index (χ1v) is 13.3. The van der Waals surface area contributed by atoms with Crippen LogP contribution in [0.25, 0.3) is 0 Å². The second kappa shape index (κ2) is 11.6. The Morgan fingerprint density at radius 3 is 1.11 bits per heavy atom. The predicted molar refractivity (Wildman–Crippen MR) is 133 cm³/mol. The van der Waals surface area contributed by atoms with Crippen LogP contribution in [0.1, 0.15) is 80.5 Å². The molecule has 0 aliphatic heterocycles. The molecule has 0 amide bonds. The fourth-order valence-corrected chi connectivity index (χ4v) is 5.49. The van der Waals surface area contributed by atoms with Crippen molar-refractivity contribution in [2.45, 2.75) is 52.4 Å². The van der Waals surface area contributed by atoms with Crippen LogP contribution in [0.3, 0.4) is 0 Å². The largest absolute Gasteiger partial charge is 0.357 e. The van der Waals surface area contributed by atoms with Gasteiger partial charge in [0.15, 0.2) is 7.14 Å². The van der Waals surface area contributed by atoms with Crippen LogP contribution in [0.5, 0.6) is 0 Å². The van der Waals surface area contributed by atoms with Gasteiger partial charge in [0.1, 0.15) is 0 Å². The van der Waals surface area contributed by atoms with E-state index in [2.05, 4.69) is 90.1 Å². The third-order valence-corrected chi connectivity index (χ3v) is 8.13. The average molecular weight is 583 g/mol. The van der Waals surface area contributed by atoms with Crippen molar-refractivity contribution in [3.05, 3.63) is 94.6 Å². The number of nitrogens with zero attached hydrogens (tertiary/aromatic N) is 5. The van der Waals surface area contributed by atoms with Crippen LogP contribution in [0.2, 0.25) is 0 Å². The molecule has 0 saturated heterocycles. The van der Waals surface area contributed by atoms with Gasteiger partial charge in [-0.05, 0) is 80.6 Å². The topological polar surface area (TPSA) is 119 Å². The zero-order valence-corrected chi connectivity index (χ0v) is 23.4. The molecule has 178 valence electrons. The van der Waals surface area contributed by atoms with Gasteiger partial charge in [0.05, 0.1) is 18.2 Å². The molecule has 6 heteroatoms. The van der Waals surface area contributed by atoms with E-state index in [1.807, 2.05) is 0 Å². The monoisotopic (exact) mass is 583 g/mol. The first-order valence-electron chi connectivity index (χ1n) is 11.1. The Bertz CT molecular complexity index is 1240. The minimum Gasteiger partial charge on any atom is -0.248 e. The molecule has 0 aromatic heterocycles. The van der Waals surface area contributed by atoms with Gasteiger partial charge < -0.3 is 0 Å². The summed E-state index contributed by atoms with van der Waals surface area (Å²) in [6.07, 6.45) is 0. The molecule has 0 aliphatic rings. The highest BCUT2D eigenvalue weighted by atomic mass is 127. The normalized spacial score (nSPS) is 10.5. The second-order valence-electron chi connectivity index (χ2n) is 10.0. The lowest BCUT2D eigenvalue weighted by molar-refractivity contribution is -0.597. The van der Waals surface area contributed by atoms with Gasteiger partial charge in [-0.15, -0.1) is 0 Å². The summed E-state index contributed by atoms with van der Waals surface area (Å²) in [6, 6.07) is 26.6. The Morgan fingerprint density at radius 2 is 0.889 bits per heavy atom. The van der Waals surface area contributed by atoms with Gasteiger partial charge in [-0.2, -0.15) is 0 Å². The molecule has 0 spiro atoms. The fourth-order valence-electron chi connectivity index (χ4n) is 3.34. The van der Waals surface area contributed by atoms with Crippen molar-refractivity contribution >= 4 is 0 Å². The second-order valence-corrected chi connectivity index (χ2v) is 13.1. The molecule has 36 heavy (non-hydrogen) atoms. The highest BCUT2D eigenvalue weighted by Crippen LogP contribution is 2.26. The summed E-state index contributed by atoms with van der Waals surface area (Å²) >= 11 is -0.0703. The molecule has 0 heterocycles. The highest BCUT2D eigenvalue weighted by Gasteiger charge is 2.20. The molecule has 0 unspecified atom stereocenters. The van der Waals surface area contributed by atoms with Crippen LogP contribution in [-0.4, -0.2) is 0 Å². The molecule has 0 aliphatic carbocycles. The van der Waals surface area contributed by atoms with Crippen molar-refractivity contribution in [2.75, 3.05) is 0 Å². The first kappa shape index (κ1) is 28.2. The lowest BCUT2D eigenvalue weighted by Gasteiger charge is -2.18. The van der Waals surface area contributed by atoms with Crippen LogP contribution in [0.15, 0.2) is 48.5 Å². The van der Waals surface area contributed by atoms with Crippen LogP contribution in [-0.2, 0) is 10.8 Å². The number of benzene rings is 2. The van der Waals surface area contributed by atoms with Crippen molar-refractivity contribution in [3.63, 3.8) is 0 Å². The zero-order chi connectivity index (χ0) is 27.1. The third-order valence-electron chi connectivity index (χ3n) is 5.45. The smallest absolute Gasteiger partial charge is 0.248 e. The summed E-state index contributed by atoms with van der Waals surface area (Å²) in [5.41, 5.74) is 2.31. The van der Waals surface area contributed by atoms with E-state index in [4.69, 9.17) is 26.3 Å². The Kier molecular flexibility index (Phi) is 9.09. The molecule has 0 N–H and O–H groups in total.